The van der Waals surface area contributed by atoms with Crippen LogP contribution in [-0.2, 0) is 4.74 Å². The lowest BCUT2D eigenvalue weighted by Gasteiger charge is -2.35. The molecule has 0 radical (unpaired) electrons. The molecule has 2 aromatic heterocycles. The maximum absolute atomic E-state index is 5.43. The van der Waals surface area contributed by atoms with Crippen LogP contribution in [0, 0.1) is 6.92 Å². The summed E-state index contributed by atoms with van der Waals surface area (Å²) in [6.45, 7) is 8.96. The van der Waals surface area contributed by atoms with Crippen LogP contribution >= 0.6 is 11.3 Å². The SMILES string of the molecule is Cc1cc(N2CCOCC2)nc(N2CCN(c3nncs3)CC2)n1. The molecule has 0 bridgehead atoms. The Hall–Kier alpha value is -2.00. The number of rotatable bonds is 3. The van der Waals surface area contributed by atoms with E-state index in [1.807, 2.05) is 6.92 Å². The minimum absolute atomic E-state index is 0.763. The van der Waals surface area contributed by atoms with Crippen LogP contribution in [0.5, 0.6) is 0 Å². The van der Waals surface area contributed by atoms with Crippen LogP contribution in [0.25, 0.3) is 0 Å². The molecule has 4 rings (SSSR count). The third-order valence-electron chi connectivity index (χ3n) is 4.35. The zero-order valence-corrected chi connectivity index (χ0v) is 14.6. The maximum Gasteiger partial charge on any atom is 0.227 e. The van der Waals surface area contributed by atoms with Crippen molar-refractivity contribution in [3.05, 3.63) is 17.3 Å². The summed E-state index contributed by atoms with van der Waals surface area (Å²) < 4.78 is 5.43. The van der Waals surface area contributed by atoms with Gasteiger partial charge in [-0.3, -0.25) is 0 Å². The minimum atomic E-state index is 0.763. The van der Waals surface area contributed by atoms with E-state index < -0.39 is 0 Å². The van der Waals surface area contributed by atoms with Crippen molar-refractivity contribution in [2.24, 2.45) is 0 Å². The van der Waals surface area contributed by atoms with E-state index in [-0.39, 0.29) is 0 Å². The number of nitrogens with zero attached hydrogens (tertiary/aromatic N) is 7. The van der Waals surface area contributed by atoms with Crippen LogP contribution in [-0.4, -0.2) is 72.6 Å². The Morgan fingerprint density at radius 1 is 0.958 bits per heavy atom. The number of ether oxygens (including phenoxy) is 1. The monoisotopic (exact) mass is 347 g/mol. The van der Waals surface area contributed by atoms with Gasteiger partial charge in [0.1, 0.15) is 11.3 Å². The first-order valence-corrected chi connectivity index (χ1v) is 9.12. The molecule has 0 amide bonds. The van der Waals surface area contributed by atoms with Gasteiger partial charge in [0, 0.05) is 51.0 Å². The molecular weight excluding hydrogens is 326 g/mol. The molecule has 0 aromatic carbocycles. The highest BCUT2D eigenvalue weighted by atomic mass is 32.1. The highest BCUT2D eigenvalue weighted by Gasteiger charge is 2.22. The van der Waals surface area contributed by atoms with Gasteiger partial charge >= 0.3 is 0 Å². The number of anilines is 3. The zero-order valence-electron chi connectivity index (χ0n) is 13.8. The number of aryl methyl sites for hydroxylation is 1. The van der Waals surface area contributed by atoms with Gasteiger partial charge in [-0.25, -0.2) is 4.98 Å². The van der Waals surface area contributed by atoms with Crippen LogP contribution in [0.4, 0.5) is 16.9 Å². The average molecular weight is 347 g/mol. The van der Waals surface area contributed by atoms with Gasteiger partial charge in [0.2, 0.25) is 11.1 Å². The van der Waals surface area contributed by atoms with Crippen LogP contribution < -0.4 is 14.7 Å². The number of aromatic nitrogens is 4. The van der Waals surface area contributed by atoms with E-state index in [2.05, 4.69) is 35.9 Å². The Labute approximate surface area is 145 Å². The summed E-state index contributed by atoms with van der Waals surface area (Å²) >= 11 is 1.59. The van der Waals surface area contributed by atoms with Crippen LogP contribution in [0.2, 0.25) is 0 Å². The molecule has 24 heavy (non-hydrogen) atoms. The van der Waals surface area contributed by atoms with E-state index in [1.54, 1.807) is 16.8 Å². The summed E-state index contributed by atoms with van der Waals surface area (Å²) in [5.41, 5.74) is 2.79. The Balaban J connectivity index is 1.47. The maximum atomic E-state index is 5.43. The fraction of sp³-hybridized carbons (Fsp3) is 0.600. The highest BCUT2D eigenvalue weighted by Crippen LogP contribution is 2.22. The summed E-state index contributed by atoms with van der Waals surface area (Å²) in [6.07, 6.45) is 0. The van der Waals surface area contributed by atoms with Crippen molar-refractivity contribution < 1.29 is 4.74 Å². The van der Waals surface area contributed by atoms with Gasteiger partial charge in [-0.2, -0.15) is 4.98 Å². The summed E-state index contributed by atoms with van der Waals surface area (Å²) in [5, 5.41) is 9.07. The van der Waals surface area contributed by atoms with Crippen molar-refractivity contribution in [2.45, 2.75) is 6.92 Å². The van der Waals surface area contributed by atoms with E-state index in [0.717, 1.165) is 75.1 Å². The van der Waals surface area contributed by atoms with Gasteiger partial charge < -0.3 is 19.4 Å². The van der Waals surface area contributed by atoms with Crippen molar-refractivity contribution in [3.63, 3.8) is 0 Å². The number of hydrogen-bond acceptors (Lipinski definition) is 9. The van der Waals surface area contributed by atoms with Crippen molar-refractivity contribution >= 4 is 28.2 Å². The first-order valence-electron chi connectivity index (χ1n) is 8.24. The molecule has 4 heterocycles. The Bertz CT molecular complexity index is 666. The Morgan fingerprint density at radius 2 is 1.71 bits per heavy atom. The van der Waals surface area contributed by atoms with E-state index in [4.69, 9.17) is 9.72 Å². The van der Waals surface area contributed by atoms with Crippen LogP contribution in [0.3, 0.4) is 0 Å². The fourth-order valence-electron chi connectivity index (χ4n) is 3.04. The van der Waals surface area contributed by atoms with Crippen molar-refractivity contribution in [3.8, 4) is 0 Å². The fourth-order valence-corrected chi connectivity index (χ4v) is 3.65. The second-order valence-corrected chi connectivity index (χ2v) is 6.77. The molecular formula is C15H21N7OS. The average Bonchev–Trinajstić information content (AvgIpc) is 3.17. The molecule has 0 spiro atoms. The molecule has 0 N–H and O–H groups in total. The highest BCUT2D eigenvalue weighted by molar-refractivity contribution is 7.13. The van der Waals surface area contributed by atoms with Crippen molar-refractivity contribution in [2.75, 3.05) is 67.2 Å². The molecule has 2 fully saturated rings. The molecule has 2 aliphatic heterocycles. The zero-order chi connectivity index (χ0) is 16.4. The summed E-state index contributed by atoms with van der Waals surface area (Å²) in [4.78, 5) is 16.3. The van der Waals surface area contributed by atoms with E-state index in [9.17, 15) is 0 Å². The summed E-state index contributed by atoms with van der Waals surface area (Å²) in [5.74, 6) is 1.83. The lowest BCUT2D eigenvalue weighted by atomic mass is 10.3. The van der Waals surface area contributed by atoms with Gasteiger partial charge in [-0.1, -0.05) is 11.3 Å². The normalized spacial score (nSPS) is 19.0. The molecule has 2 aliphatic rings. The lowest BCUT2D eigenvalue weighted by Crippen LogP contribution is -2.47. The second-order valence-electron chi connectivity index (χ2n) is 5.96. The molecule has 0 saturated carbocycles. The largest absolute Gasteiger partial charge is 0.378 e. The second kappa shape index (κ2) is 6.86. The quantitative estimate of drug-likeness (QED) is 0.807. The van der Waals surface area contributed by atoms with Gasteiger partial charge in [-0.05, 0) is 6.92 Å². The minimum Gasteiger partial charge on any atom is -0.378 e. The van der Waals surface area contributed by atoms with E-state index >= 15 is 0 Å². The van der Waals surface area contributed by atoms with Gasteiger partial charge in [0.05, 0.1) is 13.2 Å². The van der Waals surface area contributed by atoms with Crippen LogP contribution in [0.1, 0.15) is 5.69 Å². The number of morpholine rings is 1. The van der Waals surface area contributed by atoms with Gasteiger partial charge in [0.25, 0.3) is 0 Å². The molecule has 9 heteroatoms. The topological polar surface area (TPSA) is 70.5 Å². The Kier molecular flexibility index (Phi) is 4.44. The van der Waals surface area contributed by atoms with Crippen molar-refractivity contribution in [1.82, 2.24) is 20.2 Å². The smallest absolute Gasteiger partial charge is 0.227 e. The summed E-state index contributed by atoms with van der Waals surface area (Å²) in [7, 11) is 0. The number of hydrogen-bond donors (Lipinski definition) is 0. The molecule has 128 valence electrons. The molecule has 0 atom stereocenters. The van der Waals surface area contributed by atoms with E-state index in [1.165, 1.54) is 0 Å². The summed E-state index contributed by atoms with van der Waals surface area (Å²) in [6, 6.07) is 2.06. The standard InChI is InChI=1S/C15H21N7OS/c1-12-10-13(20-6-8-23-9-7-20)18-14(17-12)21-2-4-22(5-3-21)15-19-16-11-24-15/h10-11H,2-9H2,1H3. The van der Waals surface area contributed by atoms with Crippen molar-refractivity contribution in [1.29, 1.82) is 0 Å². The van der Waals surface area contributed by atoms with Crippen LogP contribution in [0.15, 0.2) is 11.6 Å². The third-order valence-corrected chi connectivity index (χ3v) is 5.10. The molecule has 0 unspecified atom stereocenters. The first kappa shape index (κ1) is 15.5. The van der Waals surface area contributed by atoms with Gasteiger partial charge in [0.15, 0.2) is 0 Å². The predicted octanol–water partition coefficient (Wildman–Crippen LogP) is 0.800. The number of piperazine rings is 1. The van der Waals surface area contributed by atoms with Gasteiger partial charge in [-0.15, -0.1) is 10.2 Å². The van der Waals surface area contributed by atoms with E-state index in [0.29, 0.717) is 0 Å². The Morgan fingerprint density at radius 3 is 2.42 bits per heavy atom. The first-order chi connectivity index (χ1) is 11.8. The molecule has 0 aliphatic carbocycles. The lowest BCUT2D eigenvalue weighted by molar-refractivity contribution is 0.122. The molecule has 2 saturated heterocycles. The predicted molar refractivity (Wildman–Crippen MR) is 94.1 cm³/mol. The third kappa shape index (κ3) is 3.27. The molecule has 8 nitrogen and oxygen atoms in total. The molecule has 2 aromatic rings.